The summed E-state index contributed by atoms with van der Waals surface area (Å²) < 4.78 is 29.6. The fourth-order valence-electron chi connectivity index (χ4n) is 6.65. The molecule has 5 rings (SSSR count). The molecule has 5 aliphatic rings. The predicted octanol–water partition coefficient (Wildman–Crippen LogP) is 2.17. The second kappa shape index (κ2) is 9.11. The topological polar surface area (TPSA) is 121 Å². The van der Waals surface area contributed by atoms with Crippen molar-refractivity contribution in [1.82, 2.24) is 0 Å². The van der Waals surface area contributed by atoms with Crippen molar-refractivity contribution in [2.24, 2.45) is 16.7 Å². The molecule has 0 radical (unpaired) electrons. The van der Waals surface area contributed by atoms with E-state index in [1.165, 1.54) is 29.9 Å². The van der Waals surface area contributed by atoms with E-state index in [0.717, 1.165) is 6.42 Å². The van der Waals surface area contributed by atoms with E-state index in [9.17, 15) is 19.5 Å². The van der Waals surface area contributed by atoms with Crippen LogP contribution in [0, 0.1) is 16.7 Å². The minimum absolute atomic E-state index is 0.00000344. The lowest BCUT2D eigenvalue weighted by atomic mass is 9.51. The molecule has 2 spiro atoms. The summed E-state index contributed by atoms with van der Waals surface area (Å²) >= 11 is 0. The van der Waals surface area contributed by atoms with Crippen LogP contribution in [-0.4, -0.2) is 72.9 Å². The zero-order valence-electron chi connectivity index (χ0n) is 20.9. The molecule has 3 aliphatic heterocycles. The lowest BCUT2D eigenvalue weighted by molar-refractivity contribution is -0.234. The van der Waals surface area contributed by atoms with Crippen LogP contribution in [-0.2, 0) is 38.1 Å². The number of hydrogen-bond acceptors (Lipinski definition) is 9. The van der Waals surface area contributed by atoms with E-state index in [4.69, 9.17) is 23.7 Å². The second-order valence-electron chi connectivity index (χ2n) is 11.0. The summed E-state index contributed by atoms with van der Waals surface area (Å²) in [7, 11) is 0. The average molecular weight is 503 g/mol. The van der Waals surface area contributed by atoms with Crippen LogP contribution in [0.5, 0.6) is 0 Å². The second-order valence-corrected chi connectivity index (χ2v) is 11.0. The minimum Gasteiger partial charge on any atom is -0.463 e. The fourth-order valence-corrected chi connectivity index (χ4v) is 6.65. The highest BCUT2D eigenvalue weighted by Gasteiger charge is 2.83. The number of carbonyl (C=O) groups excluding carboxylic acids is 3. The molecule has 1 saturated carbocycles. The standard InChI is InChI=1S/C27H34O9/c1-16-8-10-26-14-33-24(31)23(30)17(2)9-11-32-21(28)6-4-5-7-22(29)36-18-13-20(35-19(26)12-16)27(15-34-27)25(18,26)3/h4-7,12,17-20,23,30H,8-11,13-15H2,1-3H3/b6-4?,7-5+. The summed E-state index contributed by atoms with van der Waals surface area (Å²) in [5.74, 6) is -2.34. The number of aliphatic hydroxyl groups excluding tert-OH is 1. The molecule has 2 bridgehead atoms. The lowest BCUT2D eigenvalue weighted by Crippen LogP contribution is -2.66. The van der Waals surface area contributed by atoms with Gasteiger partial charge in [0.25, 0.3) is 0 Å². The molecule has 8 unspecified atom stereocenters. The van der Waals surface area contributed by atoms with Gasteiger partial charge in [-0.15, -0.1) is 0 Å². The SMILES string of the molecule is CC1=CC2OC3CC4OC(=O)/C=C/C=CC(=O)OCCC(C)C(O)C(=O)OCC2(CC1)C4(C)C31CO1. The molecular formula is C27H34O9. The monoisotopic (exact) mass is 502 g/mol. The van der Waals surface area contributed by atoms with Gasteiger partial charge in [-0.1, -0.05) is 37.6 Å². The first kappa shape index (κ1) is 25.2. The molecule has 0 aromatic carbocycles. The van der Waals surface area contributed by atoms with E-state index in [0.29, 0.717) is 19.4 Å². The smallest absolute Gasteiger partial charge is 0.335 e. The number of ether oxygens (including phenoxy) is 5. The van der Waals surface area contributed by atoms with Crippen LogP contribution in [0.4, 0.5) is 0 Å². The highest BCUT2D eigenvalue weighted by atomic mass is 16.6. The first-order chi connectivity index (χ1) is 17.1. The molecule has 2 saturated heterocycles. The van der Waals surface area contributed by atoms with E-state index in [1.54, 1.807) is 6.92 Å². The van der Waals surface area contributed by atoms with E-state index in [1.807, 2.05) is 0 Å². The van der Waals surface area contributed by atoms with Crippen molar-refractivity contribution in [3.05, 3.63) is 36.0 Å². The van der Waals surface area contributed by atoms with Crippen LogP contribution < -0.4 is 0 Å². The van der Waals surface area contributed by atoms with Crippen LogP contribution in [0.3, 0.4) is 0 Å². The number of esters is 3. The maximum absolute atomic E-state index is 12.9. The van der Waals surface area contributed by atoms with E-state index in [2.05, 4.69) is 19.9 Å². The third-order valence-corrected chi connectivity index (χ3v) is 9.12. The zero-order valence-corrected chi connectivity index (χ0v) is 20.9. The van der Waals surface area contributed by atoms with Crippen LogP contribution in [0.2, 0.25) is 0 Å². The normalized spacial score (nSPS) is 45.9. The minimum atomic E-state index is -1.37. The Kier molecular flexibility index (Phi) is 6.37. The van der Waals surface area contributed by atoms with Gasteiger partial charge in [-0.2, -0.15) is 0 Å². The van der Waals surface area contributed by atoms with Gasteiger partial charge in [0.2, 0.25) is 0 Å². The summed E-state index contributed by atoms with van der Waals surface area (Å²) in [4.78, 5) is 37.6. The maximum atomic E-state index is 12.9. The number of aliphatic hydroxyl groups is 1. The van der Waals surface area contributed by atoms with Crippen molar-refractivity contribution in [2.45, 2.75) is 76.5 Å². The van der Waals surface area contributed by atoms with Gasteiger partial charge in [0, 0.05) is 24.0 Å². The van der Waals surface area contributed by atoms with E-state index < -0.39 is 52.5 Å². The summed E-state index contributed by atoms with van der Waals surface area (Å²) in [5.41, 5.74) is -0.820. The third kappa shape index (κ3) is 3.83. The van der Waals surface area contributed by atoms with Crippen molar-refractivity contribution in [1.29, 1.82) is 0 Å². The van der Waals surface area contributed by atoms with Gasteiger partial charge in [0.15, 0.2) is 6.10 Å². The molecule has 0 amide bonds. The summed E-state index contributed by atoms with van der Waals surface area (Å²) in [6.07, 6.45) is 7.11. The van der Waals surface area contributed by atoms with Crippen LogP contribution in [0.15, 0.2) is 36.0 Å². The fraction of sp³-hybridized carbons (Fsp3) is 0.667. The van der Waals surface area contributed by atoms with Gasteiger partial charge >= 0.3 is 17.9 Å². The zero-order chi connectivity index (χ0) is 25.7. The van der Waals surface area contributed by atoms with Crippen LogP contribution in [0.1, 0.15) is 46.5 Å². The number of cyclic esters (lactones) is 2. The molecule has 2 aliphatic carbocycles. The molecule has 196 valence electrons. The predicted molar refractivity (Wildman–Crippen MR) is 125 cm³/mol. The van der Waals surface area contributed by atoms with Crippen LogP contribution in [0.25, 0.3) is 0 Å². The van der Waals surface area contributed by atoms with Gasteiger partial charge in [-0.3, -0.25) is 0 Å². The third-order valence-electron chi connectivity index (χ3n) is 9.12. The van der Waals surface area contributed by atoms with E-state index in [-0.39, 0.29) is 31.8 Å². The molecule has 9 nitrogen and oxygen atoms in total. The van der Waals surface area contributed by atoms with Crippen molar-refractivity contribution in [3.63, 3.8) is 0 Å². The van der Waals surface area contributed by atoms with Gasteiger partial charge in [-0.05, 0) is 32.1 Å². The number of allylic oxidation sites excluding steroid dienone is 3. The van der Waals surface area contributed by atoms with Gasteiger partial charge in [0.05, 0.1) is 30.8 Å². The maximum Gasteiger partial charge on any atom is 0.335 e. The molecule has 8 atom stereocenters. The Morgan fingerprint density at radius 2 is 1.75 bits per heavy atom. The Bertz CT molecular complexity index is 1020. The first-order valence-electron chi connectivity index (χ1n) is 12.7. The highest BCUT2D eigenvalue weighted by molar-refractivity contribution is 5.84. The highest BCUT2D eigenvalue weighted by Crippen LogP contribution is 2.72. The summed E-state index contributed by atoms with van der Waals surface area (Å²) in [5, 5.41) is 10.6. The molecule has 0 aromatic rings. The van der Waals surface area contributed by atoms with Crippen molar-refractivity contribution in [3.8, 4) is 0 Å². The van der Waals surface area contributed by atoms with Crippen molar-refractivity contribution in [2.75, 3.05) is 19.8 Å². The van der Waals surface area contributed by atoms with Crippen molar-refractivity contribution >= 4 is 17.9 Å². The first-order valence-corrected chi connectivity index (χ1v) is 12.7. The number of rotatable bonds is 0. The van der Waals surface area contributed by atoms with Crippen molar-refractivity contribution < 1.29 is 43.2 Å². The Morgan fingerprint density at radius 3 is 2.47 bits per heavy atom. The lowest BCUT2D eigenvalue weighted by Gasteiger charge is -2.58. The average Bonchev–Trinajstić information content (AvgIpc) is 3.62. The number of epoxide rings is 1. The van der Waals surface area contributed by atoms with E-state index >= 15 is 0 Å². The number of carbonyl (C=O) groups is 3. The number of hydrogen-bond donors (Lipinski definition) is 1. The molecule has 3 fully saturated rings. The molecule has 0 aromatic heterocycles. The van der Waals surface area contributed by atoms with Gasteiger partial charge in [-0.25, -0.2) is 14.4 Å². The molecule has 1 N–H and O–H groups in total. The molecule has 3 heterocycles. The molecule has 9 heteroatoms. The summed E-state index contributed by atoms with van der Waals surface area (Å²) in [6, 6.07) is 0. The Morgan fingerprint density at radius 1 is 1.03 bits per heavy atom. The van der Waals surface area contributed by atoms with Gasteiger partial charge in [0.1, 0.15) is 18.3 Å². The quantitative estimate of drug-likeness (QED) is 0.230. The van der Waals surface area contributed by atoms with Crippen LogP contribution >= 0.6 is 0 Å². The molecular weight excluding hydrogens is 468 g/mol. The molecule has 36 heavy (non-hydrogen) atoms. The largest absolute Gasteiger partial charge is 0.463 e. The Labute approximate surface area is 210 Å². The summed E-state index contributed by atoms with van der Waals surface area (Å²) in [6.45, 7) is 6.34. The Balaban J connectivity index is 1.52. The Hall–Kier alpha value is -2.49. The van der Waals surface area contributed by atoms with Gasteiger partial charge < -0.3 is 28.8 Å².